The molecule has 8 heteroatoms. The average molecular weight is 328 g/mol. The highest BCUT2D eigenvalue weighted by Crippen LogP contribution is 2.32. The molecule has 5 nitrogen and oxygen atoms in total. The number of hydrogen-bond donors (Lipinski definition) is 0. The highest BCUT2D eigenvalue weighted by molar-refractivity contribution is 5.12. The van der Waals surface area contributed by atoms with E-state index in [2.05, 4.69) is 14.9 Å². The van der Waals surface area contributed by atoms with E-state index in [9.17, 15) is 13.2 Å². The Kier molecular flexibility index (Phi) is 4.18. The molecule has 0 radical (unpaired) electrons. The second-order valence-electron chi connectivity index (χ2n) is 6.03. The van der Waals surface area contributed by atoms with Gasteiger partial charge in [0.2, 0.25) is 5.89 Å². The zero-order chi connectivity index (χ0) is 16.6. The summed E-state index contributed by atoms with van der Waals surface area (Å²) in [4.78, 5) is 10.2. The first kappa shape index (κ1) is 16.0. The Bertz CT molecular complexity index is 677. The Morgan fingerprint density at radius 2 is 2.17 bits per heavy atom. The Labute approximate surface area is 132 Å². The largest absolute Gasteiger partial charge is 0.445 e. The molecule has 0 N–H and O–H groups in total. The molecule has 1 fully saturated rings. The molecule has 3 rings (SSSR count). The van der Waals surface area contributed by atoms with Gasteiger partial charge in [-0.3, -0.25) is 4.90 Å². The number of alkyl halides is 3. The van der Waals surface area contributed by atoms with Gasteiger partial charge in [-0.1, -0.05) is 0 Å². The van der Waals surface area contributed by atoms with Crippen LogP contribution in [0.2, 0.25) is 0 Å². The second kappa shape index (κ2) is 5.99. The van der Waals surface area contributed by atoms with Crippen molar-refractivity contribution in [3.8, 4) is 0 Å². The number of nitrogens with zero attached hydrogens (tertiary/aromatic N) is 4. The lowest BCUT2D eigenvalue weighted by molar-refractivity contribution is -0.141. The summed E-state index contributed by atoms with van der Waals surface area (Å²) in [6.07, 6.45) is 0.0820. The molecular formula is C15H19F3N4O. The fraction of sp³-hybridized carbons (Fsp3) is 0.600. The first-order valence-corrected chi connectivity index (χ1v) is 7.57. The summed E-state index contributed by atoms with van der Waals surface area (Å²) < 4.78 is 45.4. The number of likely N-dealkylation sites (tertiary alicyclic amines) is 1. The van der Waals surface area contributed by atoms with Crippen LogP contribution in [0.3, 0.4) is 0 Å². The maximum atomic E-state index is 12.8. The molecule has 0 spiro atoms. The highest BCUT2D eigenvalue weighted by atomic mass is 19.4. The molecule has 1 saturated heterocycles. The second-order valence-corrected chi connectivity index (χ2v) is 6.03. The van der Waals surface area contributed by atoms with E-state index in [1.807, 2.05) is 6.92 Å². The van der Waals surface area contributed by atoms with Gasteiger partial charge in [0.15, 0.2) is 5.69 Å². The first-order valence-electron chi connectivity index (χ1n) is 7.57. The van der Waals surface area contributed by atoms with E-state index in [-0.39, 0.29) is 5.92 Å². The van der Waals surface area contributed by atoms with Gasteiger partial charge in [0.1, 0.15) is 11.6 Å². The Morgan fingerprint density at radius 3 is 2.78 bits per heavy atom. The molecule has 1 aliphatic heterocycles. The molecule has 2 aromatic heterocycles. The zero-order valence-electron chi connectivity index (χ0n) is 13.1. The van der Waals surface area contributed by atoms with Crippen molar-refractivity contribution < 1.29 is 17.6 Å². The van der Waals surface area contributed by atoms with Gasteiger partial charge in [0.25, 0.3) is 0 Å². The molecule has 1 atom stereocenters. The molecule has 3 heterocycles. The maximum Gasteiger partial charge on any atom is 0.434 e. The molecule has 0 aromatic carbocycles. The summed E-state index contributed by atoms with van der Waals surface area (Å²) in [7, 11) is 1.62. The minimum Gasteiger partial charge on any atom is -0.445 e. The summed E-state index contributed by atoms with van der Waals surface area (Å²) in [5.74, 6) is 1.87. The molecule has 0 bridgehead atoms. The maximum absolute atomic E-state index is 12.8. The number of halogens is 3. The van der Waals surface area contributed by atoms with Gasteiger partial charge in [-0.05, 0) is 26.3 Å². The molecule has 2 aromatic rings. The molecule has 0 amide bonds. The lowest BCUT2D eigenvalue weighted by atomic mass is 9.97. The van der Waals surface area contributed by atoms with Gasteiger partial charge in [0.05, 0.1) is 12.7 Å². The monoisotopic (exact) mass is 328 g/mol. The third-order valence-electron chi connectivity index (χ3n) is 4.10. The molecule has 1 aliphatic rings. The van der Waals surface area contributed by atoms with Gasteiger partial charge < -0.3 is 8.98 Å². The Hall–Kier alpha value is -1.83. The van der Waals surface area contributed by atoms with Crippen LogP contribution in [0.4, 0.5) is 13.2 Å². The minimum absolute atomic E-state index is 0.0130. The third-order valence-corrected chi connectivity index (χ3v) is 4.10. The normalized spacial score (nSPS) is 20.1. The van der Waals surface area contributed by atoms with E-state index in [4.69, 9.17) is 4.42 Å². The van der Waals surface area contributed by atoms with Crippen molar-refractivity contribution in [2.24, 2.45) is 7.05 Å². The lowest BCUT2D eigenvalue weighted by Gasteiger charge is -2.31. The molecule has 0 saturated carbocycles. The van der Waals surface area contributed by atoms with Crippen LogP contribution in [0, 0.1) is 6.92 Å². The van der Waals surface area contributed by atoms with E-state index < -0.39 is 11.9 Å². The quantitative estimate of drug-likeness (QED) is 0.868. The van der Waals surface area contributed by atoms with Crippen LogP contribution in [0.15, 0.2) is 16.8 Å². The number of rotatable bonds is 3. The van der Waals surface area contributed by atoms with Crippen molar-refractivity contribution in [2.45, 2.75) is 38.4 Å². The van der Waals surface area contributed by atoms with Crippen molar-refractivity contribution in [1.29, 1.82) is 0 Å². The molecule has 0 aliphatic carbocycles. The van der Waals surface area contributed by atoms with Gasteiger partial charge in [-0.15, -0.1) is 0 Å². The van der Waals surface area contributed by atoms with Crippen LogP contribution in [0.25, 0.3) is 0 Å². The summed E-state index contributed by atoms with van der Waals surface area (Å²) in [6, 6.07) is 0. The number of hydrogen-bond acceptors (Lipinski definition) is 4. The first-order chi connectivity index (χ1) is 10.8. The van der Waals surface area contributed by atoms with Crippen LogP contribution in [0.5, 0.6) is 0 Å². The van der Waals surface area contributed by atoms with E-state index in [1.54, 1.807) is 13.2 Å². The summed E-state index contributed by atoms with van der Waals surface area (Å²) in [5.41, 5.74) is -0.824. The van der Waals surface area contributed by atoms with Gasteiger partial charge in [-0.25, -0.2) is 9.97 Å². The van der Waals surface area contributed by atoms with Crippen LogP contribution in [-0.2, 0) is 19.8 Å². The topological polar surface area (TPSA) is 47.1 Å². The Morgan fingerprint density at radius 1 is 1.39 bits per heavy atom. The van der Waals surface area contributed by atoms with E-state index in [0.717, 1.165) is 31.3 Å². The van der Waals surface area contributed by atoms with Gasteiger partial charge in [0, 0.05) is 25.7 Å². The molecular weight excluding hydrogens is 309 g/mol. The van der Waals surface area contributed by atoms with Crippen molar-refractivity contribution >= 4 is 0 Å². The van der Waals surface area contributed by atoms with E-state index >= 15 is 0 Å². The molecule has 23 heavy (non-hydrogen) atoms. The summed E-state index contributed by atoms with van der Waals surface area (Å²) >= 11 is 0. The van der Waals surface area contributed by atoms with Crippen LogP contribution in [0.1, 0.15) is 41.9 Å². The van der Waals surface area contributed by atoms with Crippen LogP contribution in [-0.4, -0.2) is 32.5 Å². The SMILES string of the molecule is Cc1cnc(CN2CCCC(c3nc(C(F)(F)F)cn3C)C2)o1. The van der Waals surface area contributed by atoms with Crippen molar-refractivity contribution in [3.63, 3.8) is 0 Å². The number of imidazole rings is 1. The van der Waals surface area contributed by atoms with Gasteiger partial charge >= 0.3 is 6.18 Å². The average Bonchev–Trinajstić information content (AvgIpc) is 3.05. The van der Waals surface area contributed by atoms with Crippen LogP contribution < -0.4 is 0 Å². The zero-order valence-corrected chi connectivity index (χ0v) is 13.1. The van der Waals surface area contributed by atoms with Crippen LogP contribution >= 0.6 is 0 Å². The third kappa shape index (κ3) is 3.57. The smallest absolute Gasteiger partial charge is 0.434 e. The number of piperidine rings is 1. The molecule has 126 valence electrons. The fourth-order valence-corrected chi connectivity index (χ4v) is 3.07. The van der Waals surface area contributed by atoms with Crippen molar-refractivity contribution in [2.75, 3.05) is 13.1 Å². The van der Waals surface area contributed by atoms with Crippen molar-refractivity contribution in [1.82, 2.24) is 19.4 Å². The van der Waals surface area contributed by atoms with Gasteiger partial charge in [-0.2, -0.15) is 13.2 Å². The van der Waals surface area contributed by atoms with E-state index in [0.29, 0.717) is 24.8 Å². The highest BCUT2D eigenvalue weighted by Gasteiger charge is 2.36. The number of aromatic nitrogens is 3. The standard InChI is InChI=1S/C15H19F3N4O/c1-10-6-19-13(23-10)9-22-5-3-4-11(7-22)14-20-12(8-21(14)2)15(16,17)18/h6,8,11H,3-5,7,9H2,1-2H3. The Balaban J connectivity index is 1.72. The lowest BCUT2D eigenvalue weighted by Crippen LogP contribution is -2.34. The number of aryl methyl sites for hydroxylation is 2. The minimum atomic E-state index is -4.40. The molecule has 1 unspecified atom stereocenters. The fourth-order valence-electron chi connectivity index (χ4n) is 3.07. The summed E-state index contributed by atoms with van der Waals surface area (Å²) in [6.45, 7) is 3.95. The predicted molar refractivity (Wildman–Crippen MR) is 76.7 cm³/mol. The summed E-state index contributed by atoms with van der Waals surface area (Å²) in [5, 5.41) is 0. The van der Waals surface area contributed by atoms with E-state index in [1.165, 1.54) is 4.57 Å². The van der Waals surface area contributed by atoms with Crippen molar-refractivity contribution in [3.05, 3.63) is 35.6 Å². The number of oxazole rings is 1. The predicted octanol–water partition coefficient (Wildman–Crippen LogP) is 3.11.